The Hall–Kier alpha value is -0.650. The van der Waals surface area contributed by atoms with Crippen LogP contribution in [0.4, 0.5) is 0 Å². The first-order valence-corrected chi connectivity index (χ1v) is 5.71. The van der Waals surface area contributed by atoms with Gasteiger partial charge >= 0.3 is 0 Å². The van der Waals surface area contributed by atoms with E-state index in [9.17, 15) is 4.79 Å². The van der Waals surface area contributed by atoms with Crippen LogP contribution in [0.5, 0.6) is 0 Å². The van der Waals surface area contributed by atoms with Gasteiger partial charge in [-0.05, 0) is 34.0 Å². The van der Waals surface area contributed by atoms with E-state index in [2.05, 4.69) is 4.90 Å². The number of methoxy groups -OCH3 is 1. The van der Waals surface area contributed by atoms with E-state index >= 15 is 0 Å². The molecule has 0 aromatic rings. The highest BCUT2D eigenvalue weighted by Crippen LogP contribution is 1.97. The minimum absolute atomic E-state index is 0.0249. The Labute approximate surface area is 98.5 Å². The Bertz CT molecular complexity index is 198. The van der Waals surface area contributed by atoms with Crippen LogP contribution in [0.25, 0.3) is 0 Å². The number of carbonyl (C=O) groups is 1. The summed E-state index contributed by atoms with van der Waals surface area (Å²) in [7, 11) is 5.60. The van der Waals surface area contributed by atoms with Crippen molar-refractivity contribution in [3.05, 3.63) is 0 Å². The Morgan fingerprint density at radius 3 is 2.44 bits per heavy atom. The van der Waals surface area contributed by atoms with Crippen LogP contribution in [0.2, 0.25) is 0 Å². The molecule has 0 aromatic heterocycles. The van der Waals surface area contributed by atoms with Crippen molar-refractivity contribution in [2.45, 2.75) is 19.4 Å². The molecule has 2 N–H and O–H groups in total. The Morgan fingerprint density at radius 1 is 1.38 bits per heavy atom. The third kappa shape index (κ3) is 6.05. The molecule has 0 aliphatic rings. The first kappa shape index (κ1) is 15.3. The maximum atomic E-state index is 11.8. The van der Waals surface area contributed by atoms with Crippen molar-refractivity contribution in [1.29, 1.82) is 0 Å². The van der Waals surface area contributed by atoms with Crippen molar-refractivity contribution < 1.29 is 9.53 Å². The second kappa shape index (κ2) is 8.50. The van der Waals surface area contributed by atoms with Crippen LogP contribution in [0.15, 0.2) is 0 Å². The Balaban J connectivity index is 4.01. The van der Waals surface area contributed by atoms with Crippen molar-refractivity contribution in [1.82, 2.24) is 9.80 Å². The summed E-state index contributed by atoms with van der Waals surface area (Å²) >= 11 is 0. The van der Waals surface area contributed by atoms with E-state index in [1.165, 1.54) is 0 Å². The summed E-state index contributed by atoms with van der Waals surface area (Å²) < 4.78 is 4.88. The quantitative estimate of drug-likeness (QED) is 0.626. The number of hydrogen-bond acceptors (Lipinski definition) is 4. The standard InChI is InChI=1S/C11H25N3O2/c1-5-14(8-6-7-13(2)3)11(15)10(12)9-16-4/h10H,5-9,12H2,1-4H3. The molecule has 1 unspecified atom stereocenters. The maximum absolute atomic E-state index is 11.8. The number of rotatable bonds is 8. The van der Waals surface area contributed by atoms with Crippen LogP contribution in [-0.2, 0) is 9.53 Å². The fourth-order valence-electron chi connectivity index (χ4n) is 1.49. The summed E-state index contributed by atoms with van der Waals surface area (Å²) in [5.74, 6) is -0.0249. The minimum atomic E-state index is -0.538. The zero-order valence-corrected chi connectivity index (χ0v) is 10.9. The zero-order valence-electron chi connectivity index (χ0n) is 10.9. The highest BCUT2D eigenvalue weighted by Gasteiger charge is 2.19. The number of nitrogens with zero attached hydrogens (tertiary/aromatic N) is 2. The minimum Gasteiger partial charge on any atom is -0.383 e. The summed E-state index contributed by atoms with van der Waals surface area (Å²) in [5, 5.41) is 0. The molecule has 0 bridgehead atoms. The molecule has 96 valence electrons. The molecule has 5 nitrogen and oxygen atoms in total. The smallest absolute Gasteiger partial charge is 0.241 e. The molecule has 16 heavy (non-hydrogen) atoms. The van der Waals surface area contributed by atoms with Gasteiger partial charge in [0.15, 0.2) is 0 Å². The summed E-state index contributed by atoms with van der Waals surface area (Å²) in [6, 6.07) is -0.538. The zero-order chi connectivity index (χ0) is 12.6. The van der Waals surface area contributed by atoms with E-state index in [1.54, 1.807) is 12.0 Å². The molecule has 0 heterocycles. The topological polar surface area (TPSA) is 58.8 Å². The summed E-state index contributed by atoms with van der Waals surface area (Å²) in [6.45, 7) is 4.67. The number of nitrogens with two attached hydrogens (primary N) is 1. The van der Waals surface area contributed by atoms with Gasteiger partial charge in [0.1, 0.15) is 6.04 Å². The molecular formula is C11H25N3O2. The first-order valence-electron chi connectivity index (χ1n) is 5.71. The summed E-state index contributed by atoms with van der Waals surface area (Å²) in [4.78, 5) is 15.7. The lowest BCUT2D eigenvalue weighted by atomic mass is 10.2. The third-order valence-corrected chi connectivity index (χ3v) is 2.39. The molecule has 0 rings (SSSR count). The fourth-order valence-corrected chi connectivity index (χ4v) is 1.49. The van der Waals surface area contributed by atoms with Crippen molar-refractivity contribution in [3.63, 3.8) is 0 Å². The second-order valence-electron chi connectivity index (χ2n) is 4.14. The van der Waals surface area contributed by atoms with E-state index in [-0.39, 0.29) is 12.5 Å². The van der Waals surface area contributed by atoms with Gasteiger partial charge in [0.25, 0.3) is 0 Å². The Morgan fingerprint density at radius 2 is 2.00 bits per heavy atom. The van der Waals surface area contributed by atoms with Crippen LogP contribution in [0.3, 0.4) is 0 Å². The van der Waals surface area contributed by atoms with Crippen molar-refractivity contribution in [2.75, 3.05) is 47.4 Å². The van der Waals surface area contributed by atoms with Gasteiger partial charge in [0.2, 0.25) is 5.91 Å². The number of ether oxygens (including phenoxy) is 1. The van der Waals surface area contributed by atoms with Gasteiger partial charge in [-0.2, -0.15) is 0 Å². The van der Waals surface area contributed by atoms with Crippen molar-refractivity contribution >= 4 is 5.91 Å². The summed E-state index contributed by atoms with van der Waals surface area (Å²) in [6.07, 6.45) is 0.965. The summed E-state index contributed by atoms with van der Waals surface area (Å²) in [5.41, 5.74) is 5.71. The SMILES string of the molecule is CCN(CCCN(C)C)C(=O)C(N)COC. The molecule has 0 aliphatic heterocycles. The average Bonchev–Trinajstić information content (AvgIpc) is 2.23. The molecule has 0 aromatic carbocycles. The molecule has 0 saturated heterocycles. The maximum Gasteiger partial charge on any atom is 0.241 e. The Kier molecular flexibility index (Phi) is 8.15. The second-order valence-corrected chi connectivity index (χ2v) is 4.14. The monoisotopic (exact) mass is 231 g/mol. The highest BCUT2D eigenvalue weighted by atomic mass is 16.5. The normalized spacial score (nSPS) is 12.9. The van der Waals surface area contributed by atoms with Gasteiger partial charge in [0.05, 0.1) is 6.61 Å². The molecule has 5 heteroatoms. The molecule has 1 amide bonds. The van der Waals surface area contributed by atoms with Crippen LogP contribution in [0.1, 0.15) is 13.3 Å². The van der Waals surface area contributed by atoms with Crippen LogP contribution in [-0.4, -0.2) is 69.2 Å². The van der Waals surface area contributed by atoms with Crippen LogP contribution >= 0.6 is 0 Å². The lowest BCUT2D eigenvalue weighted by molar-refractivity contribution is -0.133. The number of likely N-dealkylation sites (N-methyl/N-ethyl adjacent to an activating group) is 1. The van der Waals surface area contributed by atoms with Gasteiger partial charge in [-0.3, -0.25) is 4.79 Å². The van der Waals surface area contributed by atoms with Gasteiger partial charge in [-0.25, -0.2) is 0 Å². The lowest BCUT2D eigenvalue weighted by Crippen LogP contribution is -2.46. The molecule has 0 spiro atoms. The molecular weight excluding hydrogens is 206 g/mol. The van der Waals surface area contributed by atoms with Crippen LogP contribution < -0.4 is 5.73 Å². The van der Waals surface area contributed by atoms with Crippen molar-refractivity contribution in [2.24, 2.45) is 5.73 Å². The molecule has 0 fully saturated rings. The van der Waals surface area contributed by atoms with E-state index < -0.39 is 6.04 Å². The van der Waals surface area contributed by atoms with E-state index in [0.29, 0.717) is 6.54 Å². The predicted molar refractivity (Wildman–Crippen MR) is 65.3 cm³/mol. The van der Waals surface area contributed by atoms with Gasteiger partial charge in [0, 0.05) is 20.2 Å². The largest absolute Gasteiger partial charge is 0.383 e. The lowest BCUT2D eigenvalue weighted by Gasteiger charge is -2.24. The van der Waals surface area contributed by atoms with Crippen LogP contribution in [0, 0.1) is 0 Å². The van der Waals surface area contributed by atoms with E-state index in [1.807, 2.05) is 21.0 Å². The number of amides is 1. The third-order valence-electron chi connectivity index (χ3n) is 2.39. The number of hydrogen-bond donors (Lipinski definition) is 1. The predicted octanol–water partition coefficient (Wildman–Crippen LogP) is -0.240. The molecule has 0 radical (unpaired) electrons. The van der Waals surface area contributed by atoms with Crippen molar-refractivity contribution in [3.8, 4) is 0 Å². The number of carbonyl (C=O) groups excluding carboxylic acids is 1. The molecule has 0 saturated carbocycles. The highest BCUT2D eigenvalue weighted by molar-refractivity contribution is 5.81. The average molecular weight is 231 g/mol. The van der Waals surface area contributed by atoms with E-state index in [0.717, 1.165) is 19.5 Å². The fraction of sp³-hybridized carbons (Fsp3) is 0.909. The van der Waals surface area contributed by atoms with Gasteiger partial charge in [-0.15, -0.1) is 0 Å². The molecule has 0 aliphatic carbocycles. The van der Waals surface area contributed by atoms with Gasteiger partial charge < -0.3 is 20.3 Å². The van der Waals surface area contributed by atoms with Gasteiger partial charge in [-0.1, -0.05) is 0 Å². The molecule has 1 atom stereocenters. The van der Waals surface area contributed by atoms with E-state index in [4.69, 9.17) is 10.5 Å². The first-order chi connectivity index (χ1) is 7.52.